The van der Waals surface area contributed by atoms with Gasteiger partial charge in [0.15, 0.2) is 0 Å². The van der Waals surface area contributed by atoms with Gasteiger partial charge >= 0.3 is 12.1 Å². The average molecular weight is 307 g/mol. The number of rotatable bonds is 2. The molecule has 0 saturated heterocycles. The Bertz CT molecular complexity index is 623. The minimum Gasteiger partial charge on any atom is -0.465 e. The molecule has 1 amide bonds. The summed E-state index contributed by atoms with van der Waals surface area (Å²) in [5, 5.41) is 2.44. The first kappa shape index (κ1) is 17.5. The van der Waals surface area contributed by atoms with E-state index >= 15 is 0 Å². The van der Waals surface area contributed by atoms with Gasteiger partial charge in [-0.1, -0.05) is 11.8 Å². The first-order valence-electron chi connectivity index (χ1n) is 6.56. The summed E-state index contributed by atoms with van der Waals surface area (Å²) in [6.45, 7) is 5.24. The summed E-state index contributed by atoms with van der Waals surface area (Å²) in [4.78, 5) is 23.0. The zero-order valence-corrected chi connectivity index (χ0v) is 13.0. The number of ether oxygens (including phenoxy) is 2. The molecule has 1 rings (SSSR count). The van der Waals surface area contributed by atoms with Crippen molar-refractivity contribution in [3.05, 3.63) is 35.1 Å². The van der Waals surface area contributed by atoms with Gasteiger partial charge in [0.05, 0.1) is 19.2 Å². The van der Waals surface area contributed by atoms with E-state index in [4.69, 9.17) is 4.74 Å². The normalized spacial score (nSPS) is 10.2. The number of alkyl carbamates (subject to hydrolysis) is 1. The highest BCUT2D eigenvalue weighted by Crippen LogP contribution is 2.11. The third kappa shape index (κ3) is 5.83. The van der Waals surface area contributed by atoms with Gasteiger partial charge in [0, 0.05) is 5.56 Å². The molecule has 0 unspecified atom stereocenters. The summed E-state index contributed by atoms with van der Waals surface area (Å²) < 4.78 is 22.9. The van der Waals surface area contributed by atoms with E-state index < -0.39 is 23.5 Å². The molecular formula is C16H18FNO4. The van der Waals surface area contributed by atoms with Gasteiger partial charge in [0.1, 0.15) is 11.4 Å². The minimum atomic E-state index is -0.607. The summed E-state index contributed by atoms with van der Waals surface area (Å²) in [6.07, 6.45) is -0.603. The second-order valence-electron chi connectivity index (χ2n) is 5.34. The molecule has 118 valence electrons. The van der Waals surface area contributed by atoms with Crippen LogP contribution in [0.25, 0.3) is 0 Å². The molecule has 5 nitrogen and oxygen atoms in total. The predicted octanol–water partition coefficient (Wildman–Crippen LogP) is 2.49. The van der Waals surface area contributed by atoms with Crippen molar-refractivity contribution in [1.29, 1.82) is 0 Å². The number of halogens is 1. The van der Waals surface area contributed by atoms with Gasteiger partial charge in [-0.05, 0) is 39.0 Å². The van der Waals surface area contributed by atoms with Crippen LogP contribution >= 0.6 is 0 Å². The highest BCUT2D eigenvalue weighted by molar-refractivity contribution is 5.92. The van der Waals surface area contributed by atoms with E-state index in [2.05, 4.69) is 21.9 Å². The van der Waals surface area contributed by atoms with Crippen LogP contribution in [0.1, 0.15) is 36.7 Å². The number of methoxy groups -OCH3 is 1. The van der Waals surface area contributed by atoms with Gasteiger partial charge in [-0.2, -0.15) is 0 Å². The van der Waals surface area contributed by atoms with E-state index in [-0.39, 0.29) is 17.7 Å². The number of carbonyl (C=O) groups is 2. The highest BCUT2D eigenvalue weighted by atomic mass is 19.1. The van der Waals surface area contributed by atoms with Crippen molar-refractivity contribution in [2.75, 3.05) is 13.7 Å². The number of amides is 1. The number of esters is 1. The van der Waals surface area contributed by atoms with Crippen LogP contribution in [0, 0.1) is 17.7 Å². The summed E-state index contributed by atoms with van der Waals surface area (Å²) in [5.41, 5.74) is -0.246. The molecule has 0 atom stereocenters. The Balaban J connectivity index is 2.74. The van der Waals surface area contributed by atoms with Gasteiger partial charge in [-0.15, -0.1) is 0 Å². The monoisotopic (exact) mass is 307 g/mol. The Hall–Kier alpha value is -2.55. The van der Waals surface area contributed by atoms with Crippen LogP contribution in [0.3, 0.4) is 0 Å². The standard InChI is InChI=1S/C16H18FNO4/c1-16(2,3)22-15(20)18-9-5-6-11-10-12(17)7-8-13(11)14(19)21-4/h7-8,10H,9H2,1-4H3,(H,18,20). The molecule has 1 N–H and O–H groups in total. The molecule has 0 heterocycles. The first-order chi connectivity index (χ1) is 10.2. The third-order valence-electron chi connectivity index (χ3n) is 2.33. The fraction of sp³-hybridized carbons (Fsp3) is 0.375. The summed E-state index contributed by atoms with van der Waals surface area (Å²) >= 11 is 0. The maximum absolute atomic E-state index is 13.2. The smallest absolute Gasteiger partial charge is 0.408 e. The van der Waals surface area contributed by atoms with Crippen molar-refractivity contribution in [3.63, 3.8) is 0 Å². The van der Waals surface area contributed by atoms with Crippen molar-refractivity contribution in [2.24, 2.45) is 0 Å². The Labute approximate surface area is 128 Å². The van der Waals surface area contributed by atoms with Crippen molar-refractivity contribution >= 4 is 12.1 Å². The second kappa shape index (κ2) is 7.46. The van der Waals surface area contributed by atoms with Crippen molar-refractivity contribution in [3.8, 4) is 11.8 Å². The lowest BCUT2D eigenvalue weighted by Gasteiger charge is -2.19. The van der Waals surface area contributed by atoms with E-state index in [9.17, 15) is 14.0 Å². The van der Waals surface area contributed by atoms with E-state index in [1.165, 1.54) is 13.2 Å². The molecule has 0 aliphatic carbocycles. The van der Waals surface area contributed by atoms with Crippen molar-refractivity contribution in [2.45, 2.75) is 26.4 Å². The Morgan fingerprint density at radius 3 is 2.59 bits per heavy atom. The average Bonchev–Trinajstić information content (AvgIpc) is 2.41. The molecule has 0 bridgehead atoms. The molecular weight excluding hydrogens is 289 g/mol. The fourth-order valence-electron chi connectivity index (χ4n) is 1.48. The largest absolute Gasteiger partial charge is 0.465 e. The lowest BCUT2D eigenvalue weighted by molar-refractivity contribution is 0.0533. The fourth-order valence-corrected chi connectivity index (χ4v) is 1.48. The predicted molar refractivity (Wildman–Crippen MR) is 78.9 cm³/mol. The minimum absolute atomic E-state index is 0.00599. The SMILES string of the molecule is COC(=O)c1ccc(F)cc1C#CCNC(=O)OC(C)(C)C. The number of nitrogens with one attached hydrogen (secondary N) is 1. The molecule has 22 heavy (non-hydrogen) atoms. The van der Waals surface area contributed by atoms with E-state index in [1.807, 2.05) is 0 Å². The van der Waals surface area contributed by atoms with E-state index in [0.29, 0.717) is 0 Å². The van der Waals surface area contributed by atoms with Crippen LogP contribution in [-0.4, -0.2) is 31.3 Å². The van der Waals surface area contributed by atoms with Gasteiger partial charge in [0.2, 0.25) is 0 Å². The first-order valence-corrected chi connectivity index (χ1v) is 6.56. The van der Waals surface area contributed by atoms with Crippen LogP contribution in [0.4, 0.5) is 9.18 Å². The zero-order valence-electron chi connectivity index (χ0n) is 13.0. The molecule has 0 aromatic heterocycles. The number of hydrogen-bond acceptors (Lipinski definition) is 4. The molecule has 0 aliphatic heterocycles. The van der Waals surface area contributed by atoms with Crippen LogP contribution in [-0.2, 0) is 9.47 Å². The number of carbonyl (C=O) groups excluding carboxylic acids is 2. The van der Waals surface area contributed by atoms with Crippen LogP contribution in [0.5, 0.6) is 0 Å². The number of benzene rings is 1. The molecule has 1 aromatic carbocycles. The summed E-state index contributed by atoms with van der Waals surface area (Å²) in [6, 6.07) is 3.58. The van der Waals surface area contributed by atoms with Gasteiger partial charge in [-0.25, -0.2) is 14.0 Å². The molecule has 0 radical (unpaired) electrons. The molecule has 0 fully saturated rings. The zero-order chi connectivity index (χ0) is 16.8. The quantitative estimate of drug-likeness (QED) is 0.673. The van der Waals surface area contributed by atoms with Gasteiger partial charge in [0.25, 0.3) is 0 Å². The Kier molecular flexibility index (Phi) is 5.93. The molecule has 0 spiro atoms. The van der Waals surface area contributed by atoms with E-state index in [0.717, 1.165) is 12.1 Å². The molecule has 6 heteroatoms. The lowest BCUT2D eigenvalue weighted by Crippen LogP contribution is -2.32. The summed E-state index contributed by atoms with van der Waals surface area (Å²) in [5.74, 6) is 4.13. The maximum atomic E-state index is 13.2. The van der Waals surface area contributed by atoms with Crippen LogP contribution in [0.2, 0.25) is 0 Å². The topological polar surface area (TPSA) is 64.6 Å². The third-order valence-corrected chi connectivity index (χ3v) is 2.33. The van der Waals surface area contributed by atoms with Crippen molar-refractivity contribution < 1.29 is 23.5 Å². The highest BCUT2D eigenvalue weighted by Gasteiger charge is 2.15. The second-order valence-corrected chi connectivity index (χ2v) is 5.34. The Morgan fingerprint density at radius 2 is 2.00 bits per heavy atom. The maximum Gasteiger partial charge on any atom is 0.408 e. The molecule has 0 aliphatic rings. The van der Waals surface area contributed by atoms with Gasteiger partial charge in [-0.3, -0.25) is 0 Å². The van der Waals surface area contributed by atoms with Crippen LogP contribution in [0.15, 0.2) is 18.2 Å². The Morgan fingerprint density at radius 1 is 1.32 bits per heavy atom. The van der Waals surface area contributed by atoms with Crippen molar-refractivity contribution in [1.82, 2.24) is 5.32 Å². The number of hydrogen-bond donors (Lipinski definition) is 1. The lowest BCUT2D eigenvalue weighted by atomic mass is 10.1. The van der Waals surface area contributed by atoms with Gasteiger partial charge < -0.3 is 14.8 Å². The van der Waals surface area contributed by atoms with E-state index in [1.54, 1.807) is 20.8 Å². The molecule has 0 saturated carbocycles. The molecule has 1 aromatic rings. The summed E-state index contributed by atoms with van der Waals surface area (Å²) in [7, 11) is 1.23. The van der Waals surface area contributed by atoms with Crippen LogP contribution < -0.4 is 5.32 Å².